The lowest BCUT2D eigenvalue weighted by atomic mass is 10.1. The highest BCUT2D eigenvalue weighted by molar-refractivity contribution is 6.07. The first-order valence-electron chi connectivity index (χ1n) is 8.82. The van der Waals surface area contributed by atoms with Crippen LogP contribution in [-0.4, -0.2) is 26.0 Å². The van der Waals surface area contributed by atoms with Crippen LogP contribution in [0.15, 0.2) is 60.7 Å². The second kappa shape index (κ2) is 9.04. The molecule has 0 aliphatic rings. The van der Waals surface area contributed by atoms with Gasteiger partial charge < -0.3 is 20.1 Å². The van der Waals surface area contributed by atoms with E-state index in [-0.39, 0.29) is 23.1 Å². The lowest BCUT2D eigenvalue weighted by Crippen LogP contribution is -2.16. The van der Waals surface area contributed by atoms with Crippen LogP contribution in [0, 0.1) is 11.6 Å². The Hall–Kier alpha value is -3.94. The van der Waals surface area contributed by atoms with Gasteiger partial charge in [-0.25, -0.2) is 8.78 Å². The molecule has 3 rings (SSSR count). The molecule has 2 N–H and O–H groups in total. The van der Waals surface area contributed by atoms with E-state index in [1.165, 1.54) is 32.4 Å². The van der Waals surface area contributed by atoms with E-state index >= 15 is 0 Å². The zero-order valence-electron chi connectivity index (χ0n) is 16.2. The van der Waals surface area contributed by atoms with E-state index in [0.29, 0.717) is 11.3 Å². The molecule has 0 atom stereocenters. The Morgan fingerprint density at radius 1 is 0.767 bits per heavy atom. The Balaban J connectivity index is 1.90. The summed E-state index contributed by atoms with van der Waals surface area (Å²) in [6.07, 6.45) is 0. The molecule has 30 heavy (non-hydrogen) atoms. The van der Waals surface area contributed by atoms with Gasteiger partial charge in [-0.1, -0.05) is 24.3 Å². The van der Waals surface area contributed by atoms with Crippen molar-refractivity contribution in [3.8, 4) is 11.5 Å². The molecule has 0 saturated heterocycles. The van der Waals surface area contributed by atoms with Crippen molar-refractivity contribution in [3.05, 3.63) is 83.4 Å². The summed E-state index contributed by atoms with van der Waals surface area (Å²) >= 11 is 0. The van der Waals surface area contributed by atoms with Gasteiger partial charge >= 0.3 is 0 Å². The SMILES string of the molecule is COc1cc(NC(=O)c2cccc(F)c2F)c(OC)cc1NC(=O)c1ccccc1. The van der Waals surface area contributed by atoms with Crippen LogP contribution in [0.2, 0.25) is 0 Å². The van der Waals surface area contributed by atoms with E-state index in [2.05, 4.69) is 10.6 Å². The summed E-state index contributed by atoms with van der Waals surface area (Å²) in [6.45, 7) is 0. The molecular formula is C22H18F2N2O4. The summed E-state index contributed by atoms with van der Waals surface area (Å²) in [5.74, 6) is -3.21. The summed E-state index contributed by atoms with van der Waals surface area (Å²) < 4.78 is 37.9. The van der Waals surface area contributed by atoms with Crippen molar-refractivity contribution in [1.82, 2.24) is 0 Å². The Labute approximate surface area is 171 Å². The molecule has 0 unspecified atom stereocenters. The largest absolute Gasteiger partial charge is 0.494 e. The number of rotatable bonds is 6. The molecule has 2 amide bonds. The van der Waals surface area contributed by atoms with Crippen LogP contribution in [0.25, 0.3) is 0 Å². The minimum Gasteiger partial charge on any atom is -0.494 e. The maximum Gasteiger partial charge on any atom is 0.258 e. The van der Waals surface area contributed by atoms with Gasteiger partial charge in [-0.3, -0.25) is 9.59 Å². The van der Waals surface area contributed by atoms with Gasteiger partial charge in [-0.05, 0) is 24.3 Å². The second-order valence-corrected chi connectivity index (χ2v) is 6.13. The fourth-order valence-electron chi connectivity index (χ4n) is 2.75. The minimum absolute atomic E-state index is 0.153. The van der Waals surface area contributed by atoms with Crippen LogP contribution in [-0.2, 0) is 0 Å². The first-order valence-corrected chi connectivity index (χ1v) is 8.82. The monoisotopic (exact) mass is 412 g/mol. The molecular weight excluding hydrogens is 394 g/mol. The molecule has 0 heterocycles. The predicted molar refractivity (Wildman–Crippen MR) is 108 cm³/mol. The average Bonchev–Trinajstić information content (AvgIpc) is 2.76. The maximum atomic E-state index is 13.9. The molecule has 0 aliphatic heterocycles. The molecule has 154 valence electrons. The topological polar surface area (TPSA) is 76.7 Å². The van der Waals surface area contributed by atoms with Crippen LogP contribution in [0.3, 0.4) is 0 Å². The highest BCUT2D eigenvalue weighted by Gasteiger charge is 2.19. The number of halogens is 2. The number of amides is 2. The van der Waals surface area contributed by atoms with Crippen molar-refractivity contribution < 1.29 is 27.8 Å². The molecule has 0 bridgehead atoms. The Morgan fingerprint density at radius 2 is 1.33 bits per heavy atom. The first kappa shape index (κ1) is 20.8. The van der Waals surface area contributed by atoms with Crippen LogP contribution >= 0.6 is 0 Å². The molecule has 3 aromatic carbocycles. The van der Waals surface area contributed by atoms with Gasteiger partial charge in [-0.15, -0.1) is 0 Å². The molecule has 8 heteroatoms. The number of nitrogens with one attached hydrogen (secondary N) is 2. The fraction of sp³-hybridized carbons (Fsp3) is 0.0909. The number of benzene rings is 3. The zero-order chi connectivity index (χ0) is 21.7. The number of ether oxygens (including phenoxy) is 2. The van der Waals surface area contributed by atoms with Gasteiger partial charge in [-0.2, -0.15) is 0 Å². The predicted octanol–water partition coefficient (Wildman–Crippen LogP) is 4.49. The smallest absolute Gasteiger partial charge is 0.258 e. The third kappa shape index (κ3) is 4.38. The molecule has 0 radical (unpaired) electrons. The first-order chi connectivity index (χ1) is 14.4. The fourth-order valence-corrected chi connectivity index (χ4v) is 2.75. The van der Waals surface area contributed by atoms with E-state index in [1.807, 2.05) is 0 Å². The molecule has 0 aromatic heterocycles. The number of hydrogen-bond acceptors (Lipinski definition) is 4. The van der Waals surface area contributed by atoms with Crippen LogP contribution < -0.4 is 20.1 Å². The zero-order valence-corrected chi connectivity index (χ0v) is 16.2. The van der Waals surface area contributed by atoms with Gasteiger partial charge in [0.2, 0.25) is 0 Å². The molecule has 0 fully saturated rings. The summed E-state index contributed by atoms with van der Waals surface area (Å²) in [5.41, 5.74) is 0.439. The van der Waals surface area contributed by atoms with Crippen LogP contribution in [0.5, 0.6) is 11.5 Å². The average molecular weight is 412 g/mol. The van der Waals surface area contributed by atoms with E-state index in [4.69, 9.17) is 9.47 Å². The maximum absolute atomic E-state index is 13.9. The molecule has 3 aromatic rings. The van der Waals surface area contributed by atoms with Crippen LogP contribution in [0.4, 0.5) is 20.2 Å². The standard InChI is InChI=1S/C22H18F2N2O4/c1-29-18-12-17(26-22(28)14-9-6-10-15(23)20(14)24)19(30-2)11-16(18)25-21(27)13-7-4-3-5-8-13/h3-12H,1-2H3,(H,25,27)(H,26,28). The minimum atomic E-state index is -1.26. The highest BCUT2D eigenvalue weighted by atomic mass is 19.2. The highest BCUT2D eigenvalue weighted by Crippen LogP contribution is 2.37. The quantitative estimate of drug-likeness (QED) is 0.626. The van der Waals surface area contributed by atoms with Crippen molar-refractivity contribution in [1.29, 1.82) is 0 Å². The van der Waals surface area contributed by atoms with Gasteiger partial charge in [0.05, 0.1) is 31.2 Å². The number of anilines is 2. The summed E-state index contributed by atoms with van der Waals surface area (Å²) in [6, 6.07) is 14.7. The number of hydrogen-bond donors (Lipinski definition) is 2. The van der Waals surface area contributed by atoms with Crippen molar-refractivity contribution in [3.63, 3.8) is 0 Å². The third-order valence-corrected chi connectivity index (χ3v) is 4.25. The molecule has 0 aliphatic carbocycles. The third-order valence-electron chi connectivity index (χ3n) is 4.25. The van der Waals surface area contributed by atoms with Crippen molar-refractivity contribution in [2.24, 2.45) is 0 Å². The lowest BCUT2D eigenvalue weighted by Gasteiger charge is -2.16. The Morgan fingerprint density at radius 3 is 1.90 bits per heavy atom. The number of methoxy groups -OCH3 is 2. The summed E-state index contributed by atoms with van der Waals surface area (Å²) in [5, 5.41) is 5.18. The molecule has 6 nitrogen and oxygen atoms in total. The van der Waals surface area contributed by atoms with Gasteiger partial charge in [0, 0.05) is 17.7 Å². The van der Waals surface area contributed by atoms with Gasteiger partial charge in [0.15, 0.2) is 11.6 Å². The van der Waals surface area contributed by atoms with E-state index in [9.17, 15) is 18.4 Å². The van der Waals surface area contributed by atoms with Gasteiger partial charge in [0.1, 0.15) is 11.5 Å². The van der Waals surface area contributed by atoms with E-state index < -0.39 is 23.1 Å². The lowest BCUT2D eigenvalue weighted by molar-refractivity contribution is 0.101. The summed E-state index contributed by atoms with van der Waals surface area (Å²) in [7, 11) is 2.75. The van der Waals surface area contributed by atoms with E-state index in [1.54, 1.807) is 30.3 Å². The number of carbonyl (C=O) groups is 2. The van der Waals surface area contributed by atoms with Crippen molar-refractivity contribution in [2.75, 3.05) is 24.9 Å². The number of carbonyl (C=O) groups excluding carboxylic acids is 2. The molecule has 0 spiro atoms. The van der Waals surface area contributed by atoms with Crippen LogP contribution in [0.1, 0.15) is 20.7 Å². The van der Waals surface area contributed by atoms with Crippen molar-refractivity contribution in [2.45, 2.75) is 0 Å². The van der Waals surface area contributed by atoms with E-state index in [0.717, 1.165) is 12.1 Å². The second-order valence-electron chi connectivity index (χ2n) is 6.13. The van der Waals surface area contributed by atoms with Crippen molar-refractivity contribution >= 4 is 23.2 Å². The summed E-state index contributed by atoms with van der Waals surface area (Å²) in [4.78, 5) is 24.9. The Kier molecular flexibility index (Phi) is 6.26. The normalized spacial score (nSPS) is 10.3. The van der Waals surface area contributed by atoms with Gasteiger partial charge in [0.25, 0.3) is 11.8 Å². The Bertz CT molecular complexity index is 1090. The molecule has 0 saturated carbocycles.